The molecular weight excluding hydrogens is 464 g/mol. The number of imidazole rings is 1. The Bertz CT molecular complexity index is 1620. The van der Waals surface area contributed by atoms with Crippen LogP contribution in [0.25, 0.3) is 33.9 Å². The third-order valence-electron chi connectivity index (χ3n) is 5.78. The van der Waals surface area contributed by atoms with Crippen molar-refractivity contribution in [1.29, 1.82) is 0 Å². The molecule has 36 heavy (non-hydrogen) atoms. The number of nitrogens with one attached hydrogen (secondary N) is 1. The van der Waals surface area contributed by atoms with E-state index in [9.17, 15) is 9.59 Å². The minimum atomic E-state index is -0.368. The first-order valence-corrected chi connectivity index (χ1v) is 11.8. The summed E-state index contributed by atoms with van der Waals surface area (Å²) in [6, 6.07) is 7.37. The predicted octanol–water partition coefficient (Wildman–Crippen LogP) is 2.68. The van der Waals surface area contributed by atoms with Crippen molar-refractivity contribution in [1.82, 2.24) is 39.0 Å². The number of benzene rings is 1. The van der Waals surface area contributed by atoms with Gasteiger partial charge in [-0.3, -0.25) is 18.6 Å². The Morgan fingerprint density at radius 2 is 1.75 bits per heavy atom. The fraction of sp³-hybridized carbons (Fsp3) is 0.333. The fourth-order valence-corrected chi connectivity index (χ4v) is 4.04. The molecule has 0 saturated carbocycles. The maximum atomic E-state index is 13.0. The smallest absolute Gasteiger partial charge is 0.332 e. The van der Waals surface area contributed by atoms with Gasteiger partial charge in [0.2, 0.25) is 11.7 Å². The molecule has 0 saturated heterocycles. The summed E-state index contributed by atoms with van der Waals surface area (Å²) in [4.78, 5) is 38.0. The van der Waals surface area contributed by atoms with Gasteiger partial charge < -0.3 is 14.2 Å². The van der Waals surface area contributed by atoms with Gasteiger partial charge in [0, 0.05) is 24.8 Å². The molecule has 0 aliphatic rings. The van der Waals surface area contributed by atoms with Crippen LogP contribution in [0.1, 0.15) is 32.6 Å². The summed E-state index contributed by atoms with van der Waals surface area (Å²) in [5, 5.41) is 8.41. The molecule has 1 aromatic carbocycles. The molecule has 0 aliphatic heterocycles. The van der Waals surface area contributed by atoms with Crippen LogP contribution in [0, 0.1) is 0 Å². The molecule has 4 aromatic heterocycles. The summed E-state index contributed by atoms with van der Waals surface area (Å²) in [7, 11) is 1.61. The number of methoxy groups -OCH3 is 1. The monoisotopic (exact) mass is 490 g/mol. The van der Waals surface area contributed by atoms with E-state index in [1.165, 1.54) is 4.57 Å². The number of aryl methyl sites for hydroxylation is 1. The molecule has 0 bridgehead atoms. The van der Waals surface area contributed by atoms with Gasteiger partial charge in [-0.25, -0.2) is 9.78 Å². The van der Waals surface area contributed by atoms with Crippen molar-refractivity contribution in [2.45, 2.75) is 46.3 Å². The van der Waals surface area contributed by atoms with E-state index in [-0.39, 0.29) is 17.8 Å². The lowest BCUT2D eigenvalue weighted by Gasteiger charge is -2.09. The second kappa shape index (κ2) is 9.64. The van der Waals surface area contributed by atoms with Crippen LogP contribution in [-0.4, -0.2) is 46.1 Å². The van der Waals surface area contributed by atoms with E-state index in [1.54, 1.807) is 28.8 Å². The number of hydrogen-bond acceptors (Lipinski definition) is 8. The Balaban J connectivity index is 1.43. The van der Waals surface area contributed by atoms with Crippen LogP contribution >= 0.6 is 0 Å². The van der Waals surface area contributed by atoms with E-state index in [1.807, 2.05) is 38.1 Å². The molecule has 0 spiro atoms. The Kier molecular flexibility index (Phi) is 6.23. The summed E-state index contributed by atoms with van der Waals surface area (Å²) in [5.41, 5.74) is 1.42. The van der Waals surface area contributed by atoms with Gasteiger partial charge in [-0.1, -0.05) is 19.0 Å². The molecule has 0 aliphatic carbocycles. The molecule has 0 unspecified atom stereocenters. The van der Waals surface area contributed by atoms with E-state index < -0.39 is 0 Å². The average molecular weight is 491 g/mol. The SMILES string of the molecule is CCCn1c(=O)c2[nH]c(-c3cnn(Cc4nc(-c5ccc(OC)cc5)no4)c3)nc2n(CCC)c1=O. The number of aromatic nitrogens is 8. The molecule has 12 heteroatoms. The molecule has 0 fully saturated rings. The number of aromatic amines is 1. The Morgan fingerprint density at radius 3 is 2.47 bits per heavy atom. The van der Waals surface area contributed by atoms with Gasteiger partial charge in [-0.05, 0) is 37.1 Å². The van der Waals surface area contributed by atoms with Crippen LogP contribution in [0.5, 0.6) is 5.75 Å². The highest BCUT2D eigenvalue weighted by atomic mass is 16.5. The number of fused-ring (bicyclic) bond motifs is 1. The molecule has 0 amide bonds. The van der Waals surface area contributed by atoms with Gasteiger partial charge in [0.15, 0.2) is 5.65 Å². The molecule has 5 aromatic rings. The molecule has 186 valence electrons. The Labute approximate surface area is 205 Å². The van der Waals surface area contributed by atoms with Crippen molar-refractivity contribution in [2.75, 3.05) is 7.11 Å². The normalized spacial score (nSPS) is 11.4. The lowest BCUT2D eigenvalue weighted by Crippen LogP contribution is -2.40. The van der Waals surface area contributed by atoms with E-state index in [4.69, 9.17) is 9.26 Å². The lowest BCUT2D eigenvalue weighted by atomic mass is 10.2. The molecule has 4 heterocycles. The fourth-order valence-electron chi connectivity index (χ4n) is 4.04. The zero-order valence-electron chi connectivity index (χ0n) is 20.3. The van der Waals surface area contributed by atoms with Gasteiger partial charge in [0.1, 0.15) is 23.6 Å². The van der Waals surface area contributed by atoms with Crippen molar-refractivity contribution in [3.63, 3.8) is 0 Å². The molecule has 12 nitrogen and oxygen atoms in total. The third-order valence-corrected chi connectivity index (χ3v) is 5.78. The predicted molar refractivity (Wildman–Crippen MR) is 132 cm³/mol. The van der Waals surface area contributed by atoms with Crippen molar-refractivity contribution in [3.05, 3.63) is 63.4 Å². The first-order valence-electron chi connectivity index (χ1n) is 11.8. The molecule has 5 rings (SSSR count). The third kappa shape index (κ3) is 4.21. The van der Waals surface area contributed by atoms with E-state index in [0.29, 0.717) is 53.8 Å². The van der Waals surface area contributed by atoms with Gasteiger partial charge in [0.25, 0.3) is 5.56 Å². The molecular formula is C24H26N8O4. The van der Waals surface area contributed by atoms with Gasteiger partial charge >= 0.3 is 5.69 Å². The quantitative estimate of drug-likeness (QED) is 0.333. The second-order valence-electron chi connectivity index (χ2n) is 8.34. The first kappa shape index (κ1) is 23.3. The van der Waals surface area contributed by atoms with Gasteiger partial charge in [-0.2, -0.15) is 10.1 Å². The molecule has 0 atom stereocenters. The number of ether oxygens (including phenoxy) is 1. The molecule has 1 N–H and O–H groups in total. The summed E-state index contributed by atoms with van der Waals surface area (Å²) in [6.45, 7) is 4.98. The van der Waals surface area contributed by atoms with E-state index >= 15 is 0 Å². The Hall–Kier alpha value is -4.48. The highest BCUT2D eigenvalue weighted by Crippen LogP contribution is 2.21. The number of nitrogens with zero attached hydrogens (tertiary/aromatic N) is 7. The minimum absolute atomic E-state index is 0.257. The maximum Gasteiger partial charge on any atom is 0.332 e. The zero-order valence-corrected chi connectivity index (χ0v) is 20.3. The number of H-pyrrole nitrogens is 1. The molecule has 0 radical (unpaired) electrons. The van der Waals surface area contributed by atoms with Crippen LogP contribution in [0.3, 0.4) is 0 Å². The highest BCUT2D eigenvalue weighted by Gasteiger charge is 2.18. The number of hydrogen-bond donors (Lipinski definition) is 1. The van der Waals surface area contributed by atoms with Crippen LogP contribution < -0.4 is 16.0 Å². The average Bonchev–Trinajstić information content (AvgIpc) is 3.65. The van der Waals surface area contributed by atoms with E-state index in [2.05, 4.69) is 25.2 Å². The van der Waals surface area contributed by atoms with Crippen molar-refractivity contribution >= 4 is 11.2 Å². The maximum absolute atomic E-state index is 13.0. The van der Waals surface area contributed by atoms with Crippen LogP contribution in [0.4, 0.5) is 0 Å². The van der Waals surface area contributed by atoms with Crippen LogP contribution in [0.2, 0.25) is 0 Å². The second-order valence-corrected chi connectivity index (χ2v) is 8.34. The van der Waals surface area contributed by atoms with Gasteiger partial charge in [0.05, 0.1) is 18.9 Å². The van der Waals surface area contributed by atoms with Crippen molar-refractivity contribution in [3.8, 4) is 28.5 Å². The van der Waals surface area contributed by atoms with E-state index in [0.717, 1.165) is 17.7 Å². The van der Waals surface area contributed by atoms with Crippen molar-refractivity contribution in [2.24, 2.45) is 0 Å². The summed E-state index contributed by atoms with van der Waals surface area (Å²) < 4.78 is 15.0. The Morgan fingerprint density at radius 1 is 1.00 bits per heavy atom. The zero-order chi connectivity index (χ0) is 25.2. The minimum Gasteiger partial charge on any atom is -0.497 e. The standard InChI is InChI=1S/C24H26N8O4/c1-4-10-31-22-19(23(33)32(11-5-2)24(31)34)27-20(28-22)16-12-25-30(13-16)14-18-26-21(29-36-18)15-6-8-17(35-3)9-7-15/h6-9,12-13H,4-5,10-11,14H2,1-3H3,(H,27,28). The summed E-state index contributed by atoms with van der Waals surface area (Å²) >= 11 is 0. The first-order chi connectivity index (χ1) is 17.5. The summed E-state index contributed by atoms with van der Waals surface area (Å²) in [5.74, 6) is 2.05. The largest absolute Gasteiger partial charge is 0.497 e. The van der Waals surface area contributed by atoms with Crippen LogP contribution in [0.15, 0.2) is 50.8 Å². The van der Waals surface area contributed by atoms with Gasteiger partial charge in [-0.15, -0.1) is 0 Å². The lowest BCUT2D eigenvalue weighted by molar-refractivity contribution is 0.366. The topological polar surface area (TPSA) is 139 Å². The number of rotatable bonds is 9. The summed E-state index contributed by atoms with van der Waals surface area (Å²) in [6.07, 6.45) is 4.81. The van der Waals surface area contributed by atoms with Crippen LogP contribution in [-0.2, 0) is 19.6 Å². The van der Waals surface area contributed by atoms with Crippen molar-refractivity contribution < 1.29 is 9.26 Å². The highest BCUT2D eigenvalue weighted by molar-refractivity contribution is 5.75.